The molecule has 0 aliphatic heterocycles. The molecule has 4 aromatic rings. The molecular weight excluding hydrogens is 359 g/mol. The van der Waals surface area contributed by atoms with Crippen molar-refractivity contribution in [3.63, 3.8) is 0 Å². The van der Waals surface area contributed by atoms with Crippen LogP contribution in [0.3, 0.4) is 0 Å². The SMILES string of the molecule is Fc1cccc(C(Nc2nnc(Cc3ccccc3)s2)c2ccccn2)c1. The lowest BCUT2D eigenvalue weighted by atomic mass is 10.0. The monoisotopic (exact) mass is 376 g/mol. The van der Waals surface area contributed by atoms with E-state index in [0.29, 0.717) is 5.13 Å². The Morgan fingerprint density at radius 3 is 2.56 bits per heavy atom. The predicted octanol–water partition coefficient (Wildman–Crippen LogP) is 4.86. The molecule has 0 aliphatic rings. The van der Waals surface area contributed by atoms with Gasteiger partial charge in [0, 0.05) is 12.6 Å². The molecule has 2 aromatic carbocycles. The highest BCUT2D eigenvalue weighted by atomic mass is 32.1. The van der Waals surface area contributed by atoms with Crippen molar-refractivity contribution in [1.82, 2.24) is 15.2 Å². The van der Waals surface area contributed by atoms with E-state index in [1.54, 1.807) is 12.3 Å². The fourth-order valence-corrected chi connectivity index (χ4v) is 3.64. The topological polar surface area (TPSA) is 50.7 Å². The first-order chi connectivity index (χ1) is 13.3. The summed E-state index contributed by atoms with van der Waals surface area (Å²) in [5, 5.41) is 13.5. The third kappa shape index (κ3) is 4.35. The molecule has 1 unspecified atom stereocenters. The average molecular weight is 376 g/mol. The van der Waals surface area contributed by atoms with E-state index in [-0.39, 0.29) is 11.9 Å². The summed E-state index contributed by atoms with van der Waals surface area (Å²) in [6, 6.07) is 22.0. The summed E-state index contributed by atoms with van der Waals surface area (Å²) in [5.41, 5.74) is 2.77. The minimum atomic E-state index is -0.306. The fraction of sp³-hybridized carbons (Fsp3) is 0.0952. The maximum atomic E-state index is 13.8. The Morgan fingerprint density at radius 1 is 0.926 bits per heavy atom. The van der Waals surface area contributed by atoms with Crippen LogP contribution in [0.4, 0.5) is 9.52 Å². The molecule has 4 nitrogen and oxygen atoms in total. The third-order valence-electron chi connectivity index (χ3n) is 4.10. The van der Waals surface area contributed by atoms with Crippen molar-refractivity contribution in [3.8, 4) is 0 Å². The maximum Gasteiger partial charge on any atom is 0.206 e. The number of rotatable bonds is 6. The number of pyridine rings is 1. The molecule has 0 spiro atoms. The van der Waals surface area contributed by atoms with Crippen LogP contribution in [0, 0.1) is 5.82 Å². The van der Waals surface area contributed by atoms with E-state index >= 15 is 0 Å². The number of halogens is 1. The zero-order chi connectivity index (χ0) is 18.5. The molecular formula is C21H17FN4S. The first-order valence-corrected chi connectivity index (χ1v) is 9.39. The smallest absolute Gasteiger partial charge is 0.206 e. The molecule has 134 valence electrons. The number of hydrogen-bond acceptors (Lipinski definition) is 5. The van der Waals surface area contributed by atoms with Crippen LogP contribution in [-0.2, 0) is 6.42 Å². The van der Waals surface area contributed by atoms with Gasteiger partial charge < -0.3 is 5.32 Å². The average Bonchev–Trinajstić information content (AvgIpc) is 3.14. The van der Waals surface area contributed by atoms with E-state index in [1.165, 1.54) is 29.0 Å². The van der Waals surface area contributed by atoms with E-state index < -0.39 is 0 Å². The molecule has 0 saturated heterocycles. The largest absolute Gasteiger partial charge is 0.348 e. The summed E-state index contributed by atoms with van der Waals surface area (Å²) >= 11 is 1.49. The molecule has 6 heteroatoms. The van der Waals surface area contributed by atoms with Gasteiger partial charge in [0.1, 0.15) is 10.8 Å². The Kier molecular flexibility index (Phi) is 5.16. The molecule has 1 N–H and O–H groups in total. The summed E-state index contributed by atoms with van der Waals surface area (Å²) in [6.45, 7) is 0. The molecule has 1 atom stereocenters. The van der Waals surface area contributed by atoms with Gasteiger partial charge >= 0.3 is 0 Å². The number of aromatic nitrogens is 3. The molecule has 27 heavy (non-hydrogen) atoms. The Labute approximate surface area is 160 Å². The predicted molar refractivity (Wildman–Crippen MR) is 105 cm³/mol. The Hall–Kier alpha value is -3.12. The summed E-state index contributed by atoms with van der Waals surface area (Å²) in [5.74, 6) is -0.280. The zero-order valence-corrected chi connectivity index (χ0v) is 15.2. The minimum absolute atomic E-state index is 0.280. The Bertz CT molecular complexity index is 1000. The van der Waals surface area contributed by atoms with E-state index in [0.717, 1.165) is 22.7 Å². The number of anilines is 1. The lowest BCUT2D eigenvalue weighted by molar-refractivity contribution is 0.624. The first kappa shape index (κ1) is 17.3. The van der Waals surface area contributed by atoms with Gasteiger partial charge in [-0.2, -0.15) is 0 Å². The van der Waals surface area contributed by atoms with E-state index in [9.17, 15) is 4.39 Å². The van der Waals surface area contributed by atoms with Crippen LogP contribution in [0.15, 0.2) is 79.0 Å². The zero-order valence-electron chi connectivity index (χ0n) is 14.4. The second-order valence-corrected chi connectivity index (χ2v) is 7.11. The van der Waals surface area contributed by atoms with Gasteiger partial charge in [0.15, 0.2) is 0 Å². The molecule has 0 aliphatic carbocycles. The van der Waals surface area contributed by atoms with E-state index in [1.807, 2.05) is 42.5 Å². The molecule has 0 amide bonds. The number of nitrogens with zero attached hydrogens (tertiary/aromatic N) is 3. The van der Waals surface area contributed by atoms with Gasteiger partial charge in [-0.25, -0.2) is 4.39 Å². The van der Waals surface area contributed by atoms with Crippen LogP contribution >= 0.6 is 11.3 Å². The summed E-state index contributed by atoms with van der Waals surface area (Å²) in [6.07, 6.45) is 2.46. The summed E-state index contributed by atoms with van der Waals surface area (Å²) in [7, 11) is 0. The Morgan fingerprint density at radius 2 is 1.78 bits per heavy atom. The second-order valence-electron chi connectivity index (χ2n) is 6.05. The first-order valence-electron chi connectivity index (χ1n) is 8.57. The van der Waals surface area contributed by atoms with Gasteiger partial charge in [0.2, 0.25) is 5.13 Å². The highest BCUT2D eigenvalue weighted by molar-refractivity contribution is 7.15. The molecule has 2 heterocycles. The van der Waals surface area contributed by atoms with Crippen molar-refractivity contribution >= 4 is 16.5 Å². The van der Waals surface area contributed by atoms with Gasteiger partial charge in [0.25, 0.3) is 0 Å². The lowest BCUT2D eigenvalue weighted by Crippen LogP contribution is -2.13. The van der Waals surface area contributed by atoms with Gasteiger partial charge in [-0.05, 0) is 35.4 Å². The fourth-order valence-electron chi connectivity index (χ4n) is 2.84. The van der Waals surface area contributed by atoms with Gasteiger partial charge in [-0.1, -0.05) is 59.9 Å². The third-order valence-corrected chi connectivity index (χ3v) is 4.95. The molecule has 2 aromatic heterocycles. The van der Waals surface area contributed by atoms with E-state index in [2.05, 4.69) is 32.6 Å². The van der Waals surface area contributed by atoms with Crippen LogP contribution in [-0.4, -0.2) is 15.2 Å². The summed E-state index contributed by atoms with van der Waals surface area (Å²) < 4.78 is 13.8. The van der Waals surface area contributed by atoms with Crippen LogP contribution in [0.5, 0.6) is 0 Å². The summed E-state index contributed by atoms with van der Waals surface area (Å²) in [4.78, 5) is 4.43. The van der Waals surface area contributed by atoms with Crippen LogP contribution in [0.25, 0.3) is 0 Å². The number of benzene rings is 2. The molecule has 0 fully saturated rings. The molecule has 0 saturated carbocycles. The number of nitrogens with one attached hydrogen (secondary N) is 1. The highest BCUT2D eigenvalue weighted by Crippen LogP contribution is 2.28. The lowest BCUT2D eigenvalue weighted by Gasteiger charge is -2.18. The van der Waals surface area contributed by atoms with Gasteiger partial charge in [0.05, 0.1) is 11.7 Å². The van der Waals surface area contributed by atoms with Crippen LogP contribution in [0.2, 0.25) is 0 Å². The maximum absolute atomic E-state index is 13.8. The second kappa shape index (κ2) is 8.05. The normalized spacial score (nSPS) is 11.9. The number of hydrogen-bond donors (Lipinski definition) is 1. The van der Waals surface area contributed by atoms with E-state index in [4.69, 9.17) is 0 Å². The van der Waals surface area contributed by atoms with Gasteiger partial charge in [-0.15, -0.1) is 10.2 Å². The molecule has 0 bridgehead atoms. The van der Waals surface area contributed by atoms with Crippen molar-refractivity contribution in [3.05, 3.63) is 107 Å². The minimum Gasteiger partial charge on any atom is -0.348 e. The van der Waals surface area contributed by atoms with Crippen molar-refractivity contribution < 1.29 is 4.39 Å². The highest BCUT2D eigenvalue weighted by Gasteiger charge is 2.18. The van der Waals surface area contributed by atoms with Crippen molar-refractivity contribution in [2.24, 2.45) is 0 Å². The van der Waals surface area contributed by atoms with Crippen molar-refractivity contribution in [1.29, 1.82) is 0 Å². The van der Waals surface area contributed by atoms with Crippen LogP contribution in [0.1, 0.15) is 27.9 Å². The van der Waals surface area contributed by atoms with Gasteiger partial charge in [-0.3, -0.25) is 4.98 Å². The molecule has 4 rings (SSSR count). The van der Waals surface area contributed by atoms with Crippen molar-refractivity contribution in [2.75, 3.05) is 5.32 Å². The molecule has 0 radical (unpaired) electrons. The standard InChI is InChI=1S/C21H17FN4S/c22-17-10-6-9-16(14-17)20(18-11-4-5-12-23-18)24-21-26-25-19(27-21)13-15-7-2-1-3-8-15/h1-12,14,20H,13H2,(H,24,26). The van der Waals surface area contributed by atoms with Crippen LogP contribution < -0.4 is 5.32 Å². The quantitative estimate of drug-likeness (QED) is 0.522. The Balaban J connectivity index is 1.59. The van der Waals surface area contributed by atoms with Crippen molar-refractivity contribution in [2.45, 2.75) is 12.5 Å².